The normalized spacial score (nSPS) is 11.3. The Morgan fingerprint density at radius 2 is 2.17 bits per heavy atom. The van der Waals surface area contributed by atoms with Gasteiger partial charge in [-0.2, -0.15) is 9.57 Å². The Hall–Kier alpha value is -1.35. The van der Waals surface area contributed by atoms with Gasteiger partial charge in [0.15, 0.2) is 0 Å². The summed E-state index contributed by atoms with van der Waals surface area (Å²) in [5.74, 6) is 0. The van der Waals surface area contributed by atoms with E-state index in [9.17, 15) is 8.42 Å². The van der Waals surface area contributed by atoms with Gasteiger partial charge >= 0.3 is 0 Å². The summed E-state index contributed by atoms with van der Waals surface area (Å²) in [5.41, 5.74) is 0.968. The highest BCUT2D eigenvalue weighted by molar-refractivity contribution is 7.89. The Bertz CT molecular complexity index is 617. The zero-order valence-corrected chi connectivity index (χ0v) is 11.7. The fourth-order valence-corrected chi connectivity index (χ4v) is 3.13. The van der Waals surface area contributed by atoms with Crippen LogP contribution in [0, 0.1) is 11.3 Å². The van der Waals surface area contributed by atoms with Crippen LogP contribution in [-0.4, -0.2) is 26.3 Å². The summed E-state index contributed by atoms with van der Waals surface area (Å²) in [4.78, 5) is -0.0630. The summed E-state index contributed by atoms with van der Waals surface area (Å²) in [6.07, 6.45) is 0. The first-order valence-corrected chi connectivity index (χ1v) is 6.91. The maximum Gasteiger partial charge on any atom is 0.244 e. The van der Waals surface area contributed by atoms with Crippen LogP contribution in [0.1, 0.15) is 12.5 Å². The Morgan fingerprint density at radius 1 is 1.56 bits per heavy atom. The molecule has 4 nitrogen and oxygen atoms in total. The fraction of sp³-hybridized carbons (Fsp3) is 0.250. The quantitative estimate of drug-likeness (QED) is 0.798. The summed E-state index contributed by atoms with van der Waals surface area (Å²) >= 11 is 5.88. The molecule has 96 valence electrons. The van der Waals surface area contributed by atoms with Gasteiger partial charge in [0.05, 0.1) is 16.7 Å². The molecule has 1 aromatic rings. The lowest BCUT2D eigenvalue weighted by molar-refractivity contribution is 0.493. The minimum absolute atomic E-state index is 0.0630. The average molecular weight is 285 g/mol. The van der Waals surface area contributed by atoms with Crippen LogP contribution in [-0.2, 0) is 10.0 Å². The number of sulfonamides is 1. The Kier molecular flexibility index (Phi) is 4.52. The molecule has 0 aliphatic heterocycles. The first kappa shape index (κ1) is 14.7. The van der Waals surface area contributed by atoms with Crippen molar-refractivity contribution in [1.29, 1.82) is 5.26 Å². The molecule has 0 bridgehead atoms. The molecule has 0 fully saturated rings. The summed E-state index contributed by atoms with van der Waals surface area (Å²) in [6, 6.07) is 6.03. The van der Waals surface area contributed by atoms with E-state index in [-0.39, 0.29) is 22.0 Å². The monoisotopic (exact) mass is 284 g/mol. The highest BCUT2D eigenvalue weighted by Crippen LogP contribution is 2.25. The van der Waals surface area contributed by atoms with Crippen molar-refractivity contribution >= 4 is 21.6 Å². The van der Waals surface area contributed by atoms with E-state index >= 15 is 0 Å². The van der Waals surface area contributed by atoms with E-state index in [4.69, 9.17) is 16.9 Å². The summed E-state index contributed by atoms with van der Waals surface area (Å²) in [5, 5.41) is 8.89. The third-order valence-corrected chi connectivity index (χ3v) is 4.53. The van der Waals surface area contributed by atoms with Gasteiger partial charge in [0.1, 0.15) is 4.90 Å². The van der Waals surface area contributed by atoms with E-state index in [2.05, 4.69) is 6.58 Å². The number of benzene rings is 1. The molecule has 0 radical (unpaired) electrons. The zero-order valence-electron chi connectivity index (χ0n) is 10.1. The van der Waals surface area contributed by atoms with Crippen LogP contribution in [0.2, 0.25) is 5.02 Å². The first-order chi connectivity index (χ1) is 8.28. The Morgan fingerprint density at radius 3 is 2.67 bits per heavy atom. The minimum Gasteiger partial charge on any atom is -0.207 e. The Labute approximate surface area is 112 Å². The first-order valence-electron chi connectivity index (χ1n) is 5.09. The van der Waals surface area contributed by atoms with Crippen LogP contribution >= 0.6 is 11.6 Å². The SMILES string of the molecule is C=C(C)CN(C)S(=O)(=O)c1cc(C#N)ccc1Cl. The number of nitrogens with zero attached hydrogens (tertiary/aromatic N) is 2. The molecule has 1 aromatic carbocycles. The van der Waals surface area contributed by atoms with Crippen molar-refractivity contribution in [3.8, 4) is 6.07 Å². The van der Waals surface area contributed by atoms with Gasteiger partial charge in [-0.15, -0.1) is 0 Å². The van der Waals surface area contributed by atoms with E-state index in [1.807, 2.05) is 6.07 Å². The molecule has 18 heavy (non-hydrogen) atoms. The van der Waals surface area contributed by atoms with Gasteiger partial charge in [0.2, 0.25) is 10.0 Å². The van der Waals surface area contributed by atoms with Crippen molar-refractivity contribution < 1.29 is 8.42 Å². The third-order valence-electron chi connectivity index (χ3n) is 2.24. The van der Waals surface area contributed by atoms with Crippen molar-refractivity contribution in [3.05, 3.63) is 40.9 Å². The average Bonchev–Trinajstić information content (AvgIpc) is 2.28. The minimum atomic E-state index is -3.71. The van der Waals surface area contributed by atoms with Crippen molar-refractivity contribution in [2.45, 2.75) is 11.8 Å². The lowest BCUT2D eigenvalue weighted by Crippen LogP contribution is -2.28. The number of likely N-dealkylation sites (N-methyl/N-ethyl adjacent to an activating group) is 1. The fourth-order valence-electron chi connectivity index (χ4n) is 1.40. The van der Waals surface area contributed by atoms with E-state index in [0.717, 1.165) is 4.31 Å². The van der Waals surface area contributed by atoms with E-state index in [0.29, 0.717) is 5.57 Å². The molecule has 0 heterocycles. The maximum atomic E-state index is 12.2. The van der Waals surface area contributed by atoms with Gasteiger partial charge in [0, 0.05) is 13.6 Å². The predicted molar refractivity (Wildman–Crippen MR) is 70.8 cm³/mol. The molecule has 0 aliphatic carbocycles. The molecule has 0 spiro atoms. The molecule has 0 saturated carbocycles. The molecule has 0 saturated heterocycles. The summed E-state index contributed by atoms with van der Waals surface area (Å²) in [6.45, 7) is 5.61. The van der Waals surface area contributed by atoms with Gasteiger partial charge in [-0.25, -0.2) is 8.42 Å². The number of hydrogen-bond donors (Lipinski definition) is 0. The van der Waals surface area contributed by atoms with Gasteiger partial charge in [-0.05, 0) is 25.1 Å². The second-order valence-electron chi connectivity index (χ2n) is 3.98. The second kappa shape index (κ2) is 5.53. The van der Waals surface area contributed by atoms with E-state index in [1.165, 1.54) is 25.2 Å². The topological polar surface area (TPSA) is 61.2 Å². The van der Waals surface area contributed by atoms with Crippen molar-refractivity contribution in [2.24, 2.45) is 0 Å². The molecule has 0 amide bonds. The molecule has 0 aliphatic rings. The van der Waals surface area contributed by atoms with Crippen molar-refractivity contribution in [3.63, 3.8) is 0 Å². The number of hydrogen-bond acceptors (Lipinski definition) is 3. The van der Waals surface area contributed by atoms with Crippen LogP contribution in [0.15, 0.2) is 35.2 Å². The maximum absolute atomic E-state index is 12.2. The molecule has 0 N–H and O–H groups in total. The zero-order chi connectivity index (χ0) is 13.9. The standard InChI is InChI=1S/C12H13ClN2O2S/c1-9(2)8-15(3)18(16,17)12-6-10(7-14)4-5-11(12)13/h4-6H,1,8H2,2-3H3. The van der Waals surface area contributed by atoms with Gasteiger partial charge in [-0.1, -0.05) is 23.8 Å². The smallest absolute Gasteiger partial charge is 0.207 e. The van der Waals surface area contributed by atoms with Crippen LogP contribution < -0.4 is 0 Å². The van der Waals surface area contributed by atoms with Crippen LogP contribution in [0.3, 0.4) is 0 Å². The van der Waals surface area contributed by atoms with E-state index < -0.39 is 10.0 Å². The molecular weight excluding hydrogens is 272 g/mol. The predicted octanol–water partition coefficient (Wildman–Crippen LogP) is 2.41. The Balaban J connectivity index is 3.28. The summed E-state index contributed by atoms with van der Waals surface area (Å²) < 4.78 is 25.6. The highest BCUT2D eigenvalue weighted by Gasteiger charge is 2.23. The second-order valence-corrected chi connectivity index (χ2v) is 6.40. The number of halogens is 1. The van der Waals surface area contributed by atoms with Crippen LogP contribution in [0.5, 0.6) is 0 Å². The number of nitriles is 1. The van der Waals surface area contributed by atoms with E-state index in [1.54, 1.807) is 6.92 Å². The van der Waals surface area contributed by atoms with Crippen LogP contribution in [0.4, 0.5) is 0 Å². The lowest BCUT2D eigenvalue weighted by Gasteiger charge is -2.18. The van der Waals surface area contributed by atoms with Gasteiger partial charge < -0.3 is 0 Å². The summed E-state index contributed by atoms with van der Waals surface area (Å²) in [7, 11) is -2.26. The third kappa shape index (κ3) is 3.10. The molecule has 0 unspecified atom stereocenters. The van der Waals surface area contributed by atoms with Crippen molar-refractivity contribution in [2.75, 3.05) is 13.6 Å². The highest BCUT2D eigenvalue weighted by atomic mass is 35.5. The van der Waals surface area contributed by atoms with Crippen molar-refractivity contribution in [1.82, 2.24) is 4.31 Å². The molecular formula is C12H13ClN2O2S. The lowest BCUT2D eigenvalue weighted by atomic mass is 10.2. The molecule has 0 atom stereocenters. The van der Waals surface area contributed by atoms with Gasteiger partial charge in [-0.3, -0.25) is 0 Å². The molecule has 0 aromatic heterocycles. The van der Waals surface area contributed by atoms with Crippen LogP contribution in [0.25, 0.3) is 0 Å². The van der Waals surface area contributed by atoms with Gasteiger partial charge in [0.25, 0.3) is 0 Å². The molecule has 6 heteroatoms. The molecule has 1 rings (SSSR count). The number of rotatable bonds is 4. The largest absolute Gasteiger partial charge is 0.244 e.